The van der Waals surface area contributed by atoms with Crippen LogP contribution in [0.3, 0.4) is 0 Å². The van der Waals surface area contributed by atoms with Crippen molar-refractivity contribution >= 4 is 0 Å². The number of benzene rings is 1. The van der Waals surface area contributed by atoms with Gasteiger partial charge in [-0.15, -0.1) is 0 Å². The quantitative estimate of drug-likeness (QED) is 0.569. The van der Waals surface area contributed by atoms with Crippen molar-refractivity contribution in [2.75, 3.05) is 26.9 Å². The Morgan fingerprint density at radius 2 is 2.05 bits per heavy atom. The van der Waals surface area contributed by atoms with Crippen LogP contribution in [0.5, 0.6) is 0 Å². The largest absolute Gasteiger partial charge is 0.385 e. The van der Waals surface area contributed by atoms with Gasteiger partial charge in [-0.05, 0) is 31.2 Å². The van der Waals surface area contributed by atoms with Crippen molar-refractivity contribution in [1.82, 2.24) is 4.90 Å². The number of unbranched alkanes of at least 4 members (excludes halogenated alkanes) is 1. The van der Waals surface area contributed by atoms with Crippen LogP contribution in [-0.4, -0.2) is 43.9 Å². The first-order valence-electron chi connectivity index (χ1n) is 8.42. The lowest BCUT2D eigenvalue weighted by molar-refractivity contribution is -0.0442. The van der Waals surface area contributed by atoms with Crippen molar-refractivity contribution in [3.05, 3.63) is 47.5 Å². The molecular formula is C19H27NO2. The molecule has 0 saturated carbocycles. The second kappa shape index (κ2) is 7.91. The van der Waals surface area contributed by atoms with E-state index in [1.807, 2.05) is 0 Å². The predicted molar refractivity (Wildman–Crippen MR) is 88.8 cm³/mol. The lowest BCUT2D eigenvalue weighted by Gasteiger charge is -2.45. The first-order chi connectivity index (χ1) is 10.9. The Morgan fingerprint density at radius 1 is 1.18 bits per heavy atom. The van der Waals surface area contributed by atoms with Crippen LogP contribution in [0.4, 0.5) is 0 Å². The monoisotopic (exact) mass is 301 g/mol. The number of fused-ring (bicyclic) bond motifs is 2. The van der Waals surface area contributed by atoms with Gasteiger partial charge in [0.1, 0.15) is 0 Å². The van der Waals surface area contributed by atoms with Gasteiger partial charge >= 0.3 is 0 Å². The number of hydrogen-bond donors (Lipinski definition) is 0. The molecule has 1 aromatic rings. The van der Waals surface area contributed by atoms with Crippen molar-refractivity contribution in [1.29, 1.82) is 0 Å². The molecule has 3 nitrogen and oxygen atoms in total. The summed E-state index contributed by atoms with van der Waals surface area (Å²) in [6.07, 6.45) is 7.24. The van der Waals surface area contributed by atoms with Crippen LogP contribution < -0.4 is 0 Å². The van der Waals surface area contributed by atoms with Crippen LogP contribution >= 0.6 is 0 Å². The lowest BCUT2D eigenvalue weighted by Crippen LogP contribution is -2.53. The Hall–Kier alpha value is -1.16. The molecule has 2 heterocycles. The molecule has 0 aromatic heterocycles. The fourth-order valence-electron chi connectivity index (χ4n) is 3.57. The van der Waals surface area contributed by atoms with Crippen LogP contribution in [0.15, 0.2) is 42.0 Å². The maximum absolute atomic E-state index is 5.79. The predicted octanol–water partition coefficient (Wildman–Crippen LogP) is 3.40. The van der Waals surface area contributed by atoms with Gasteiger partial charge in [0.2, 0.25) is 0 Å². The molecule has 22 heavy (non-hydrogen) atoms. The number of morpholine rings is 1. The fraction of sp³-hybridized carbons (Fsp3) is 0.579. The smallest absolute Gasteiger partial charge is 0.0658 e. The molecule has 1 saturated heterocycles. The number of rotatable bonds is 7. The highest BCUT2D eigenvalue weighted by molar-refractivity contribution is 5.19. The zero-order valence-electron chi connectivity index (χ0n) is 13.5. The van der Waals surface area contributed by atoms with E-state index in [0.29, 0.717) is 12.1 Å². The van der Waals surface area contributed by atoms with Gasteiger partial charge in [-0.2, -0.15) is 0 Å². The van der Waals surface area contributed by atoms with Crippen molar-refractivity contribution in [2.45, 2.75) is 44.3 Å². The van der Waals surface area contributed by atoms with E-state index < -0.39 is 0 Å². The minimum absolute atomic E-state index is 0.449. The van der Waals surface area contributed by atoms with Gasteiger partial charge in [0.25, 0.3) is 0 Å². The van der Waals surface area contributed by atoms with E-state index in [0.717, 1.165) is 39.2 Å². The third-order valence-electron chi connectivity index (χ3n) is 4.72. The number of ether oxygens (including phenoxy) is 2. The molecule has 2 unspecified atom stereocenters. The highest BCUT2D eigenvalue weighted by atomic mass is 16.5. The van der Waals surface area contributed by atoms with Crippen LogP contribution in [0.1, 0.15) is 31.2 Å². The van der Waals surface area contributed by atoms with E-state index in [-0.39, 0.29) is 0 Å². The summed E-state index contributed by atoms with van der Waals surface area (Å²) in [5, 5.41) is 0. The molecular weight excluding hydrogens is 274 g/mol. The molecule has 3 rings (SSSR count). The van der Waals surface area contributed by atoms with E-state index in [1.165, 1.54) is 18.4 Å². The van der Waals surface area contributed by atoms with Gasteiger partial charge in [-0.25, -0.2) is 0 Å². The first kappa shape index (κ1) is 15.7. The zero-order chi connectivity index (χ0) is 15.2. The van der Waals surface area contributed by atoms with Crippen LogP contribution in [-0.2, 0) is 16.0 Å². The van der Waals surface area contributed by atoms with E-state index in [1.54, 1.807) is 12.7 Å². The lowest BCUT2D eigenvalue weighted by atomic mass is 9.90. The minimum atomic E-state index is 0.449. The summed E-state index contributed by atoms with van der Waals surface area (Å²) in [4.78, 5) is 2.62. The Kier molecular flexibility index (Phi) is 5.65. The molecule has 2 aliphatic rings. The highest BCUT2D eigenvalue weighted by Gasteiger charge is 2.34. The van der Waals surface area contributed by atoms with Crippen molar-refractivity contribution in [3.8, 4) is 0 Å². The molecule has 2 aliphatic heterocycles. The topological polar surface area (TPSA) is 21.7 Å². The molecule has 0 N–H and O–H groups in total. The average Bonchev–Trinajstić information content (AvgIpc) is 2.53. The number of nitrogens with zero attached hydrogens (tertiary/aromatic N) is 1. The summed E-state index contributed by atoms with van der Waals surface area (Å²) < 4.78 is 10.9. The molecule has 1 aromatic carbocycles. The molecule has 3 heteroatoms. The summed E-state index contributed by atoms with van der Waals surface area (Å²) in [7, 11) is 1.78. The molecule has 2 atom stereocenters. The fourth-order valence-corrected chi connectivity index (χ4v) is 3.57. The highest BCUT2D eigenvalue weighted by Crippen LogP contribution is 2.30. The Morgan fingerprint density at radius 3 is 2.82 bits per heavy atom. The number of hydrogen-bond acceptors (Lipinski definition) is 3. The Bertz CT molecular complexity index is 485. The van der Waals surface area contributed by atoms with Gasteiger partial charge in [-0.3, -0.25) is 4.90 Å². The van der Waals surface area contributed by atoms with Crippen LogP contribution in [0, 0.1) is 0 Å². The maximum Gasteiger partial charge on any atom is 0.0658 e. The average molecular weight is 301 g/mol. The van der Waals surface area contributed by atoms with E-state index >= 15 is 0 Å². The third kappa shape index (κ3) is 3.97. The Labute approximate surface area is 133 Å². The van der Waals surface area contributed by atoms with Crippen molar-refractivity contribution < 1.29 is 9.47 Å². The number of methoxy groups -OCH3 is 1. The Balaban J connectivity index is 1.61. The van der Waals surface area contributed by atoms with E-state index in [9.17, 15) is 0 Å². The summed E-state index contributed by atoms with van der Waals surface area (Å²) in [6.45, 7) is 3.63. The standard InChI is InChI=1S/C19H27NO2/c1-21-10-6-5-9-17-11-18-14-22-15-19(12-17)20(18)13-16-7-3-2-4-8-16/h2-4,7-8,11,18-19H,5-6,9-10,12-15H2,1H3. The van der Waals surface area contributed by atoms with Crippen LogP contribution in [0.2, 0.25) is 0 Å². The SMILES string of the molecule is COCCCCC1=CC2COCC(C1)N2Cc1ccccc1. The third-order valence-corrected chi connectivity index (χ3v) is 4.72. The molecule has 0 spiro atoms. The van der Waals surface area contributed by atoms with Crippen molar-refractivity contribution in [3.63, 3.8) is 0 Å². The van der Waals surface area contributed by atoms with E-state index in [2.05, 4.69) is 41.3 Å². The second-order valence-electron chi connectivity index (χ2n) is 6.40. The summed E-state index contributed by atoms with van der Waals surface area (Å²) in [5.41, 5.74) is 3.02. The summed E-state index contributed by atoms with van der Waals surface area (Å²) >= 11 is 0. The zero-order valence-corrected chi connectivity index (χ0v) is 13.5. The van der Waals surface area contributed by atoms with Gasteiger partial charge in [-0.1, -0.05) is 42.0 Å². The molecule has 0 aliphatic carbocycles. The molecule has 1 fully saturated rings. The van der Waals surface area contributed by atoms with Crippen molar-refractivity contribution in [2.24, 2.45) is 0 Å². The van der Waals surface area contributed by atoms with Gasteiger partial charge in [0.05, 0.1) is 19.3 Å². The maximum atomic E-state index is 5.79. The minimum Gasteiger partial charge on any atom is -0.385 e. The first-order valence-corrected chi connectivity index (χ1v) is 8.42. The van der Waals surface area contributed by atoms with Gasteiger partial charge < -0.3 is 9.47 Å². The molecule has 0 radical (unpaired) electrons. The molecule has 0 amide bonds. The summed E-state index contributed by atoms with van der Waals surface area (Å²) in [6, 6.07) is 11.8. The van der Waals surface area contributed by atoms with E-state index in [4.69, 9.17) is 9.47 Å². The molecule has 120 valence electrons. The summed E-state index contributed by atoms with van der Waals surface area (Å²) in [5.74, 6) is 0. The van der Waals surface area contributed by atoms with Crippen LogP contribution in [0.25, 0.3) is 0 Å². The second-order valence-corrected chi connectivity index (χ2v) is 6.40. The van der Waals surface area contributed by atoms with Gasteiger partial charge in [0.15, 0.2) is 0 Å². The normalized spacial score (nSPS) is 25.0. The van der Waals surface area contributed by atoms with Gasteiger partial charge in [0, 0.05) is 26.3 Å². The molecule has 2 bridgehead atoms.